The number of nitrogens with one attached hydrogen (secondary N) is 1. The minimum absolute atomic E-state index is 0.216. The molecule has 0 bridgehead atoms. The fourth-order valence-corrected chi connectivity index (χ4v) is 4.94. The van der Waals surface area contributed by atoms with Crippen LogP contribution in [0.15, 0.2) is 35.5 Å². The predicted octanol–water partition coefficient (Wildman–Crippen LogP) is 0.902. The molecule has 5 rings (SSSR count). The van der Waals surface area contributed by atoms with Gasteiger partial charge in [0.1, 0.15) is 5.52 Å². The van der Waals surface area contributed by atoms with Gasteiger partial charge in [0, 0.05) is 19.3 Å². The van der Waals surface area contributed by atoms with E-state index in [1.807, 2.05) is 0 Å². The van der Waals surface area contributed by atoms with Crippen LogP contribution in [0.25, 0.3) is 28.1 Å². The van der Waals surface area contributed by atoms with Crippen LogP contribution < -0.4 is 5.69 Å². The van der Waals surface area contributed by atoms with Crippen molar-refractivity contribution in [3.63, 3.8) is 0 Å². The van der Waals surface area contributed by atoms with Gasteiger partial charge in [-0.2, -0.15) is 10.4 Å². The number of imidazole rings is 1. The lowest BCUT2D eigenvalue weighted by molar-refractivity contribution is 0.268. The number of aromatic nitrogens is 6. The van der Waals surface area contributed by atoms with Crippen LogP contribution in [-0.2, 0) is 10.0 Å². The Bertz CT molecular complexity index is 1530. The molecule has 1 saturated heterocycles. The summed E-state index contributed by atoms with van der Waals surface area (Å²) in [5.41, 5.74) is 2.31. The highest BCUT2D eigenvalue weighted by atomic mass is 32.2. The standard InChI is InChI=1S/C19H18N8O3S/c1-31(29,30)25-5-2-3-13(11-25)27-18-15(23-19(27)28)10-21-17(24-18)14-9-22-26-6-4-12(8-20)7-16(14)26/h4,6-7,9-10,13H,2-3,5,11H2,1H3,(H,23,28). The Kier molecular flexibility index (Phi) is 4.38. The highest BCUT2D eigenvalue weighted by Gasteiger charge is 2.29. The molecule has 1 fully saturated rings. The average molecular weight is 438 g/mol. The number of aromatic amines is 1. The van der Waals surface area contributed by atoms with E-state index >= 15 is 0 Å². The molecule has 0 spiro atoms. The fourth-order valence-electron chi connectivity index (χ4n) is 4.04. The van der Waals surface area contributed by atoms with Gasteiger partial charge >= 0.3 is 5.69 Å². The predicted molar refractivity (Wildman–Crippen MR) is 112 cm³/mol. The molecule has 31 heavy (non-hydrogen) atoms. The van der Waals surface area contributed by atoms with E-state index in [9.17, 15) is 18.5 Å². The summed E-state index contributed by atoms with van der Waals surface area (Å²) in [6.07, 6.45) is 7.32. The van der Waals surface area contributed by atoms with Crippen molar-refractivity contribution < 1.29 is 8.42 Å². The molecule has 4 aromatic heterocycles. The molecule has 5 heterocycles. The number of pyridine rings is 1. The monoisotopic (exact) mass is 438 g/mol. The van der Waals surface area contributed by atoms with Gasteiger partial charge in [-0.25, -0.2) is 32.0 Å². The van der Waals surface area contributed by atoms with E-state index in [1.54, 1.807) is 29.0 Å². The first-order valence-corrected chi connectivity index (χ1v) is 11.5. The molecule has 1 N–H and O–H groups in total. The molecular weight excluding hydrogens is 420 g/mol. The van der Waals surface area contributed by atoms with Gasteiger partial charge in [0.05, 0.1) is 47.4 Å². The van der Waals surface area contributed by atoms with Crippen LogP contribution in [0.3, 0.4) is 0 Å². The third kappa shape index (κ3) is 3.28. The first-order valence-electron chi connectivity index (χ1n) is 9.65. The molecule has 1 aliphatic heterocycles. The Morgan fingerprint density at radius 2 is 2.16 bits per heavy atom. The molecule has 158 valence electrons. The summed E-state index contributed by atoms with van der Waals surface area (Å²) in [7, 11) is -3.35. The van der Waals surface area contributed by atoms with E-state index in [0.717, 1.165) is 0 Å². The lowest BCUT2D eigenvalue weighted by Gasteiger charge is -2.31. The van der Waals surface area contributed by atoms with Crippen LogP contribution in [0.1, 0.15) is 24.4 Å². The molecule has 1 atom stereocenters. The summed E-state index contributed by atoms with van der Waals surface area (Å²) in [6, 6.07) is 5.13. The zero-order chi connectivity index (χ0) is 21.8. The van der Waals surface area contributed by atoms with Gasteiger partial charge in [0.15, 0.2) is 11.5 Å². The number of fused-ring (bicyclic) bond motifs is 2. The maximum atomic E-state index is 12.7. The summed E-state index contributed by atoms with van der Waals surface area (Å²) in [6.45, 7) is 0.656. The minimum Gasteiger partial charge on any atom is -0.303 e. The Morgan fingerprint density at radius 1 is 1.32 bits per heavy atom. The molecule has 11 nitrogen and oxygen atoms in total. The normalized spacial score (nSPS) is 17.9. The Balaban J connectivity index is 1.63. The summed E-state index contributed by atoms with van der Waals surface area (Å²) in [5.74, 6) is 0.362. The molecule has 12 heteroatoms. The quantitative estimate of drug-likeness (QED) is 0.501. The topological polar surface area (TPSA) is 142 Å². The van der Waals surface area contributed by atoms with Crippen molar-refractivity contribution in [1.82, 2.24) is 33.4 Å². The van der Waals surface area contributed by atoms with Crippen molar-refractivity contribution in [3.8, 4) is 17.5 Å². The highest BCUT2D eigenvalue weighted by molar-refractivity contribution is 7.88. The molecule has 0 aromatic carbocycles. The van der Waals surface area contributed by atoms with Gasteiger partial charge in [-0.3, -0.25) is 4.57 Å². The van der Waals surface area contributed by atoms with Crippen molar-refractivity contribution in [2.45, 2.75) is 18.9 Å². The first kappa shape index (κ1) is 19.4. The summed E-state index contributed by atoms with van der Waals surface area (Å²) in [5, 5.41) is 13.5. The first-order chi connectivity index (χ1) is 14.8. The van der Waals surface area contributed by atoms with Crippen molar-refractivity contribution >= 4 is 26.7 Å². The molecule has 0 radical (unpaired) electrons. The van der Waals surface area contributed by atoms with Crippen LogP contribution in [0.4, 0.5) is 0 Å². The molecule has 1 unspecified atom stereocenters. The van der Waals surface area contributed by atoms with Crippen LogP contribution in [0, 0.1) is 11.3 Å². The van der Waals surface area contributed by atoms with Crippen molar-refractivity contribution in [2.75, 3.05) is 19.3 Å². The van der Waals surface area contributed by atoms with Crippen molar-refractivity contribution in [1.29, 1.82) is 5.26 Å². The molecule has 4 aromatic rings. The van der Waals surface area contributed by atoms with Gasteiger partial charge in [-0.05, 0) is 25.0 Å². The third-order valence-corrected chi connectivity index (χ3v) is 6.81. The molecule has 0 amide bonds. The van der Waals surface area contributed by atoms with Crippen LogP contribution in [0.5, 0.6) is 0 Å². The van der Waals surface area contributed by atoms with E-state index in [-0.39, 0.29) is 18.3 Å². The average Bonchev–Trinajstić information content (AvgIpc) is 3.32. The van der Waals surface area contributed by atoms with Crippen molar-refractivity contribution in [3.05, 3.63) is 46.8 Å². The van der Waals surface area contributed by atoms with E-state index in [2.05, 4.69) is 26.1 Å². The number of rotatable bonds is 3. The number of nitrogens with zero attached hydrogens (tertiary/aromatic N) is 7. The maximum Gasteiger partial charge on any atom is 0.328 e. The Morgan fingerprint density at radius 3 is 2.94 bits per heavy atom. The second kappa shape index (κ2) is 7.00. The van der Waals surface area contributed by atoms with E-state index in [1.165, 1.54) is 21.3 Å². The molecular formula is C19H18N8O3S. The second-order valence-corrected chi connectivity index (χ2v) is 9.55. The number of hydrogen-bond acceptors (Lipinski definition) is 7. The number of sulfonamides is 1. The van der Waals surface area contributed by atoms with Gasteiger partial charge in [-0.15, -0.1) is 0 Å². The van der Waals surface area contributed by atoms with Crippen LogP contribution in [0.2, 0.25) is 0 Å². The fraction of sp³-hybridized carbons (Fsp3) is 0.316. The smallest absolute Gasteiger partial charge is 0.303 e. The number of H-pyrrole nitrogens is 1. The summed E-state index contributed by atoms with van der Waals surface area (Å²) in [4.78, 5) is 24.5. The number of hydrogen-bond donors (Lipinski definition) is 1. The molecule has 0 aliphatic carbocycles. The minimum atomic E-state index is -3.35. The SMILES string of the molecule is CS(=O)(=O)N1CCCC(n2c(=O)[nH]c3cnc(-c4cnn5ccc(C#N)cc45)nc32)C1. The third-order valence-electron chi connectivity index (χ3n) is 5.54. The van der Waals surface area contributed by atoms with E-state index in [0.29, 0.717) is 53.0 Å². The van der Waals surface area contributed by atoms with Crippen LogP contribution in [-0.4, -0.2) is 61.2 Å². The number of piperidine rings is 1. The van der Waals surface area contributed by atoms with Gasteiger partial charge in [0.25, 0.3) is 0 Å². The van der Waals surface area contributed by atoms with E-state index in [4.69, 9.17) is 0 Å². The lowest BCUT2D eigenvalue weighted by atomic mass is 10.1. The van der Waals surface area contributed by atoms with Gasteiger partial charge in [-0.1, -0.05) is 0 Å². The zero-order valence-corrected chi connectivity index (χ0v) is 17.4. The van der Waals surface area contributed by atoms with Crippen LogP contribution >= 0.6 is 0 Å². The largest absolute Gasteiger partial charge is 0.328 e. The lowest BCUT2D eigenvalue weighted by Crippen LogP contribution is -2.42. The van der Waals surface area contributed by atoms with E-state index < -0.39 is 10.0 Å². The summed E-state index contributed by atoms with van der Waals surface area (Å²) < 4.78 is 28.6. The number of nitriles is 1. The highest BCUT2D eigenvalue weighted by Crippen LogP contribution is 2.27. The zero-order valence-electron chi connectivity index (χ0n) is 16.6. The summed E-state index contributed by atoms with van der Waals surface area (Å²) >= 11 is 0. The molecule has 0 saturated carbocycles. The van der Waals surface area contributed by atoms with Crippen molar-refractivity contribution in [2.24, 2.45) is 0 Å². The molecule has 1 aliphatic rings. The Hall–Kier alpha value is -3.56. The Labute approximate surface area is 176 Å². The second-order valence-electron chi connectivity index (χ2n) is 7.56. The van der Waals surface area contributed by atoms with Gasteiger partial charge in [0.2, 0.25) is 10.0 Å². The maximum absolute atomic E-state index is 12.7. The van der Waals surface area contributed by atoms with Gasteiger partial charge < -0.3 is 4.98 Å².